The molecule has 0 unspecified atom stereocenters. The zero-order valence-electron chi connectivity index (χ0n) is 13.5. The lowest BCUT2D eigenvalue weighted by atomic mass is 10.1. The molecule has 3 aromatic heterocycles. The number of aryl methyl sites for hydroxylation is 1. The summed E-state index contributed by atoms with van der Waals surface area (Å²) in [6, 6.07) is 4.35. The van der Waals surface area contributed by atoms with Crippen LogP contribution in [0.1, 0.15) is 25.5 Å². The molecule has 0 aromatic carbocycles. The number of nitrogens with zero attached hydrogens (tertiary/aromatic N) is 7. The minimum absolute atomic E-state index is 0.144. The molecule has 0 atom stereocenters. The van der Waals surface area contributed by atoms with Crippen LogP contribution in [-0.4, -0.2) is 49.0 Å². The summed E-state index contributed by atoms with van der Waals surface area (Å²) in [7, 11) is 0. The molecule has 0 radical (unpaired) electrons. The molecule has 4 rings (SSSR count). The Kier molecular flexibility index (Phi) is 3.94. The van der Waals surface area contributed by atoms with Crippen LogP contribution in [0.4, 0.5) is 5.69 Å². The van der Waals surface area contributed by atoms with Crippen molar-refractivity contribution in [2.24, 2.45) is 0 Å². The van der Waals surface area contributed by atoms with Gasteiger partial charge in [-0.25, -0.2) is 9.97 Å². The first kappa shape index (κ1) is 14.8. The maximum atomic E-state index is 5.86. The lowest BCUT2D eigenvalue weighted by Gasteiger charge is -2.33. The average molecular weight is 325 g/mol. The van der Waals surface area contributed by atoms with Gasteiger partial charge in [-0.15, -0.1) is 10.2 Å². The molecular weight excluding hydrogens is 306 g/mol. The highest BCUT2D eigenvalue weighted by atomic mass is 16.5. The maximum absolute atomic E-state index is 5.86. The highest BCUT2D eigenvalue weighted by Crippen LogP contribution is 2.25. The number of piperidine rings is 1. The second-order valence-electron chi connectivity index (χ2n) is 5.81. The number of anilines is 1. The van der Waals surface area contributed by atoms with Gasteiger partial charge in [-0.3, -0.25) is 0 Å². The largest absolute Gasteiger partial charge is 0.460 e. The van der Waals surface area contributed by atoms with Gasteiger partial charge in [0.25, 0.3) is 0 Å². The van der Waals surface area contributed by atoms with Crippen LogP contribution in [0.15, 0.2) is 30.9 Å². The highest BCUT2D eigenvalue weighted by molar-refractivity contribution is 5.68. The molecule has 0 N–H and O–H groups in total. The molecule has 0 amide bonds. The Hall–Kier alpha value is -2.77. The fraction of sp³-hybridized carbons (Fsp3) is 0.438. The highest BCUT2D eigenvalue weighted by Gasteiger charge is 2.24. The first-order chi connectivity index (χ1) is 11.8. The Balaban J connectivity index is 1.49. The molecule has 3 aromatic rings. The summed E-state index contributed by atoms with van der Waals surface area (Å²) in [6.45, 7) is 3.89. The minimum atomic E-state index is 0.144. The van der Waals surface area contributed by atoms with E-state index >= 15 is 0 Å². The van der Waals surface area contributed by atoms with Gasteiger partial charge in [0, 0.05) is 38.3 Å². The van der Waals surface area contributed by atoms with Crippen LogP contribution >= 0.6 is 0 Å². The SMILES string of the molecule is CCc1cc(N2CCC(Oc3ncccn3)CC2)c2nncn2n1. The van der Waals surface area contributed by atoms with Gasteiger partial charge in [0.1, 0.15) is 12.4 Å². The molecule has 24 heavy (non-hydrogen) atoms. The molecule has 8 heteroatoms. The van der Waals surface area contributed by atoms with Gasteiger partial charge in [0.05, 0.1) is 11.4 Å². The molecule has 4 heterocycles. The van der Waals surface area contributed by atoms with Crippen LogP contribution in [0.25, 0.3) is 5.65 Å². The van der Waals surface area contributed by atoms with E-state index in [4.69, 9.17) is 4.74 Å². The summed E-state index contributed by atoms with van der Waals surface area (Å²) in [4.78, 5) is 10.6. The molecule has 1 aliphatic heterocycles. The van der Waals surface area contributed by atoms with Crippen molar-refractivity contribution in [2.75, 3.05) is 18.0 Å². The smallest absolute Gasteiger partial charge is 0.316 e. The summed E-state index contributed by atoms with van der Waals surface area (Å²) in [5.41, 5.74) is 2.93. The van der Waals surface area contributed by atoms with Gasteiger partial charge < -0.3 is 9.64 Å². The summed E-state index contributed by atoms with van der Waals surface area (Å²) in [5, 5.41) is 12.7. The number of fused-ring (bicyclic) bond motifs is 1. The number of aromatic nitrogens is 6. The Morgan fingerprint density at radius 1 is 1.21 bits per heavy atom. The molecule has 0 aliphatic carbocycles. The average Bonchev–Trinajstić information content (AvgIpc) is 3.11. The third-order valence-electron chi connectivity index (χ3n) is 4.26. The molecule has 8 nitrogen and oxygen atoms in total. The summed E-state index contributed by atoms with van der Waals surface area (Å²) < 4.78 is 7.62. The Morgan fingerprint density at radius 3 is 2.75 bits per heavy atom. The van der Waals surface area contributed by atoms with Gasteiger partial charge in [-0.05, 0) is 18.6 Å². The quantitative estimate of drug-likeness (QED) is 0.719. The standard InChI is InChI=1S/C16H19N7O/c1-2-12-10-14(15-20-19-11-23(15)21-12)22-8-4-13(5-9-22)24-16-17-6-3-7-18-16/h3,6-7,10-11,13H,2,4-5,8-9H2,1H3. The van der Waals surface area contributed by atoms with E-state index in [2.05, 4.69) is 43.2 Å². The van der Waals surface area contributed by atoms with Gasteiger partial charge in [0.15, 0.2) is 0 Å². The van der Waals surface area contributed by atoms with E-state index in [0.717, 1.165) is 49.4 Å². The Labute approximate surface area is 139 Å². The number of ether oxygens (including phenoxy) is 1. The van der Waals surface area contributed by atoms with Crippen molar-refractivity contribution in [3.05, 3.63) is 36.5 Å². The number of hydrogen-bond donors (Lipinski definition) is 0. The van der Waals surface area contributed by atoms with Crippen molar-refractivity contribution >= 4 is 11.3 Å². The Morgan fingerprint density at radius 2 is 2.00 bits per heavy atom. The monoisotopic (exact) mass is 325 g/mol. The summed E-state index contributed by atoms with van der Waals surface area (Å²) >= 11 is 0. The molecule has 0 bridgehead atoms. The van der Waals surface area contributed by atoms with Gasteiger partial charge in [0.2, 0.25) is 5.65 Å². The summed E-state index contributed by atoms with van der Waals surface area (Å²) in [6.07, 6.45) is 7.91. The van der Waals surface area contributed by atoms with Crippen LogP contribution in [0.5, 0.6) is 6.01 Å². The zero-order chi connectivity index (χ0) is 16.4. The van der Waals surface area contributed by atoms with E-state index in [-0.39, 0.29) is 6.10 Å². The van der Waals surface area contributed by atoms with Crippen molar-refractivity contribution in [1.29, 1.82) is 0 Å². The minimum Gasteiger partial charge on any atom is -0.460 e. The third-order valence-corrected chi connectivity index (χ3v) is 4.26. The number of hydrogen-bond acceptors (Lipinski definition) is 7. The normalized spacial score (nSPS) is 15.8. The van der Waals surface area contributed by atoms with Crippen molar-refractivity contribution in [3.63, 3.8) is 0 Å². The fourth-order valence-electron chi connectivity index (χ4n) is 2.98. The maximum Gasteiger partial charge on any atom is 0.316 e. The van der Waals surface area contributed by atoms with E-state index in [1.807, 2.05) is 0 Å². The first-order valence-electron chi connectivity index (χ1n) is 8.22. The zero-order valence-corrected chi connectivity index (χ0v) is 13.5. The van der Waals surface area contributed by atoms with Crippen LogP contribution in [0.3, 0.4) is 0 Å². The van der Waals surface area contributed by atoms with Crippen molar-refractivity contribution in [1.82, 2.24) is 29.8 Å². The molecular formula is C16H19N7O. The molecule has 124 valence electrons. The summed E-state index contributed by atoms with van der Waals surface area (Å²) in [5.74, 6) is 0. The second-order valence-corrected chi connectivity index (χ2v) is 5.81. The topological polar surface area (TPSA) is 81.3 Å². The third kappa shape index (κ3) is 2.86. The van der Waals surface area contributed by atoms with Crippen LogP contribution in [0.2, 0.25) is 0 Å². The van der Waals surface area contributed by atoms with Crippen molar-refractivity contribution < 1.29 is 4.74 Å². The fourth-order valence-corrected chi connectivity index (χ4v) is 2.98. The van der Waals surface area contributed by atoms with E-state index in [1.54, 1.807) is 29.3 Å². The molecule has 1 saturated heterocycles. The van der Waals surface area contributed by atoms with E-state index in [1.165, 1.54) is 0 Å². The van der Waals surface area contributed by atoms with Crippen molar-refractivity contribution in [2.45, 2.75) is 32.3 Å². The molecule has 1 aliphatic rings. The Bertz CT molecular complexity index is 812. The first-order valence-corrected chi connectivity index (χ1v) is 8.22. The van der Waals surface area contributed by atoms with Gasteiger partial charge in [-0.2, -0.15) is 9.61 Å². The van der Waals surface area contributed by atoms with Crippen molar-refractivity contribution in [3.8, 4) is 6.01 Å². The molecule has 0 saturated carbocycles. The van der Waals surface area contributed by atoms with Crippen LogP contribution in [-0.2, 0) is 6.42 Å². The molecule has 0 spiro atoms. The van der Waals surface area contributed by atoms with Crippen LogP contribution < -0.4 is 9.64 Å². The van der Waals surface area contributed by atoms with Gasteiger partial charge >= 0.3 is 6.01 Å². The number of rotatable bonds is 4. The lowest BCUT2D eigenvalue weighted by Crippen LogP contribution is -2.38. The molecule has 1 fully saturated rings. The van der Waals surface area contributed by atoms with E-state index in [0.29, 0.717) is 6.01 Å². The predicted octanol–water partition coefficient (Wildman–Crippen LogP) is 1.52. The van der Waals surface area contributed by atoms with E-state index in [9.17, 15) is 0 Å². The van der Waals surface area contributed by atoms with E-state index < -0.39 is 0 Å². The second kappa shape index (κ2) is 6.38. The van der Waals surface area contributed by atoms with Crippen LogP contribution in [0, 0.1) is 0 Å². The van der Waals surface area contributed by atoms with Gasteiger partial charge in [-0.1, -0.05) is 6.92 Å². The predicted molar refractivity (Wildman–Crippen MR) is 88.1 cm³/mol. The lowest BCUT2D eigenvalue weighted by molar-refractivity contribution is 0.156.